The Morgan fingerprint density at radius 2 is 2.18 bits per heavy atom. The molecule has 0 aliphatic carbocycles. The second-order valence-electron chi connectivity index (χ2n) is 4.82. The van der Waals surface area contributed by atoms with Crippen LogP contribution >= 0.6 is 0 Å². The van der Waals surface area contributed by atoms with Crippen LogP contribution in [0.25, 0.3) is 0 Å². The first-order chi connectivity index (χ1) is 8.02. The summed E-state index contributed by atoms with van der Waals surface area (Å²) in [4.78, 5) is 0. The molecule has 1 aliphatic rings. The van der Waals surface area contributed by atoms with E-state index in [4.69, 9.17) is 4.42 Å². The summed E-state index contributed by atoms with van der Waals surface area (Å²) in [6.45, 7) is 4.45. The molecular weight excluding hydrogens is 240 g/mol. The maximum Gasteiger partial charge on any atom is 0.273 e. The van der Waals surface area contributed by atoms with Gasteiger partial charge in [0.1, 0.15) is 0 Å². The van der Waals surface area contributed by atoms with Crippen LogP contribution in [0.4, 0.5) is 0 Å². The third-order valence-corrected chi connectivity index (χ3v) is 4.55. The van der Waals surface area contributed by atoms with Crippen LogP contribution in [0.1, 0.15) is 19.8 Å². The van der Waals surface area contributed by atoms with Crippen LogP contribution in [0, 0.1) is 5.41 Å². The normalized spacial score (nSPS) is 20.3. The fraction of sp³-hybridized carbons (Fsp3) is 0.636. The highest BCUT2D eigenvalue weighted by atomic mass is 32.2. The third kappa shape index (κ3) is 3.08. The molecule has 1 aromatic heterocycles. The van der Waals surface area contributed by atoms with Crippen molar-refractivity contribution in [2.75, 3.05) is 19.6 Å². The Kier molecular flexibility index (Phi) is 3.56. The molecule has 0 saturated carbocycles. The van der Waals surface area contributed by atoms with E-state index in [0.717, 1.165) is 25.9 Å². The van der Waals surface area contributed by atoms with Crippen molar-refractivity contribution in [2.24, 2.45) is 5.41 Å². The first kappa shape index (κ1) is 12.6. The van der Waals surface area contributed by atoms with E-state index in [1.165, 1.54) is 12.3 Å². The van der Waals surface area contributed by atoms with Gasteiger partial charge in [0.25, 0.3) is 10.0 Å². The van der Waals surface area contributed by atoms with Crippen LogP contribution in [-0.4, -0.2) is 28.1 Å². The van der Waals surface area contributed by atoms with Gasteiger partial charge in [-0.2, -0.15) is 0 Å². The standard InChI is InChI=1S/C11H18N2O3S/c1-11(4-6-12-7-5-11)9-13-17(14,15)10-3-2-8-16-10/h2-3,8,12-13H,4-7,9H2,1H3. The zero-order valence-corrected chi connectivity index (χ0v) is 10.7. The van der Waals surface area contributed by atoms with Gasteiger partial charge in [-0.25, -0.2) is 13.1 Å². The molecule has 0 atom stereocenters. The Bertz CT molecular complexity index is 447. The highest BCUT2D eigenvalue weighted by Crippen LogP contribution is 2.27. The van der Waals surface area contributed by atoms with E-state index in [1.54, 1.807) is 6.07 Å². The molecule has 0 amide bonds. The number of furan rings is 1. The highest BCUT2D eigenvalue weighted by molar-refractivity contribution is 7.89. The molecule has 2 rings (SSSR count). The molecule has 0 spiro atoms. The lowest BCUT2D eigenvalue weighted by Crippen LogP contribution is -2.42. The number of hydrogen-bond donors (Lipinski definition) is 2. The molecule has 1 aliphatic heterocycles. The number of sulfonamides is 1. The average molecular weight is 258 g/mol. The average Bonchev–Trinajstić information content (AvgIpc) is 2.82. The Morgan fingerprint density at radius 1 is 1.47 bits per heavy atom. The molecule has 96 valence electrons. The fourth-order valence-corrected chi connectivity index (χ4v) is 3.08. The van der Waals surface area contributed by atoms with Crippen LogP contribution in [0.3, 0.4) is 0 Å². The van der Waals surface area contributed by atoms with Crippen molar-refractivity contribution in [3.05, 3.63) is 18.4 Å². The fourth-order valence-electron chi connectivity index (χ4n) is 1.96. The molecule has 6 heteroatoms. The Labute approximate surface area is 102 Å². The monoisotopic (exact) mass is 258 g/mol. The van der Waals surface area contributed by atoms with Crippen molar-refractivity contribution in [3.63, 3.8) is 0 Å². The van der Waals surface area contributed by atoms with Gasteiger partial charge in [0.15, 0.2) is 0 Å². The quantitative estimate of drug-likeness (QED) is 0.843. The minimum Gasteiger partial charge on any atom is -0.452 e. The predicted octanol–water partition coefficient (Wildman–Crippen LogP) is 0.948. The molecule has 0 unspecified atom stereocenters. The smallest absolute Gasteiger partial charge is 0.273 e. The van der Waals surface area contributed by atoms with Gasteiger partial charge in [-0.3, -0.25) is 0 Å². The van der Waals surface area contributed by atoms with E-state index >= 15 is 0 Å². The van der Waals surface area contributed by atoms with Gasteiger partial charge in [-0.1, -0.05) is 6.92 Å². The summed E-state index contributed by atoms with van der Waals surface area (Å²) in [5.41, 5.74) is 0.0327. The van der Waals surface area contributed by atoms with E-state index in [9.17, 15) is 8.42 Å². The molecule has 2 N–H and O–H groups in total. The summed E-state index contributed by atoms with van der Waals surface area (Å²) < 4.78 is 31.2. The molecule has 2 heterocycles. The van der Waals surface area contributed by atoms with Crippen molar-refractivity contribution >= 4 is 10.0 Å². The van der Waals surface area contributed by atoms with Gasteiger partial charge >= 0.3 is 0 Å². The van der Waals surface area contributed by atoms with Crippen LogP contribution in [0.15, 0.2) is 27.9 Å². The molecule has 0 aromatic carbocycles. The number of piperidine rings is 1. The number of nitrogens with one attached hydrogen (secondary N) is 2. The maximum atomic E-state index is 11.9. The topological polar surface area (TPSA) is 71.3 Å². The lowest BCUT2D eigenvalue weighted by Gasteiger charge is -2.33. The molecule has 17 heavy (non-hydrogen) atoms. The summed E-state index contributed by atoms with van der Waals surface area (Å²) in [6.07, 6.45) is 3.32. The van der Waals surface area contributed by atoms with E-state index in [0.29, 0.717) is 6.54 Å². The molecular formula is C11H18N2O3S. The highest BCUT2D eigenvalue weighted by Gasteiger charge is 2.29. The maximum absolute atomic E-state index is 11.9. The first-order valence-corrected chi connectivity index (χ1v) is 7.24. The van der Waals surface area contributed by atoms with Crippen molar-refractivity contribution in [3.8, 4) is 0 Å². The second-order valence-corrected chi connectivity index (χ2v) is 6.52. The van der Waals surface area contributed by atoms with Crippen molar-refractivity contribution in [1.29, 1.82) is 0 Å². The summed E-state index contributed by atoms with van der Waals surface area (Å²) in [5.74, 6) is 0. The van der Waals surface area contributed by atoms with E-state index < -0.39 is 10.0 Å². The van der Waals surface area contributed by atoms with Crippen molar-refractivity contribution < 1.29 is 12.8 Å². The second kappa shape index (κ2) is 4.80. The first-order valence-electron chi connectivity index (χ1n) is 5.76. The molecule has 1 fully saturated rings. The number of hydrogen-bond acceptors (Lipinski definition) is 4. The Morgan fingerprint density at radius 3 is 2.76 bits per heavy atom. The van der Waals surface area contributed by atoms with Crippen LogP contribution < -0.4 is 10.0 Å². The molecule has 0 radical (unpaired) electrons. The van der Waals surface area contributed by atoms with E-state index in [2.05, 4.69) is 17.0 Å². The largest absolute Gasteiger partial charge is 0.452 e. The van der Waals surface area contributed by atoms with Crippen LogP contribution in [0.5, 0.6) is 0 Å². The van der Waals surface area contributed by atoms with Gasteiger partial charge in [0.2, 0.25) is 5.09 Å². The van der Waals surface area contributed by atoms with Gasteiger partial charge in [-0.15, -0.1) is 0 Å². The number of rotatable bonds is 4. The van der Waals surface area contributed by atoms with Gasteiger partial charge in [0, 0.05) is 6.54 Å². The zero-order chi connectivity index (χ0) is 12.4. The van der Waals surface area contributed by atoms with Gasteiger partial charge < -0.3 is 9.73 Å². The van der Waals surface area contributed by atoms with Gasteiger partial charge in [0.05, 0.1) is 6.26 Å². The zero-order valence-electron chi connectivity index (χ0n) is 9.90. The van der Waals surface area contributed by atoms with Crippen LogP contribution in [-0.2, 0) is 10.0 Å². The van der Waals surface area contributed by atoms with Gasteiger partial charge in [-0.05, 0) is 43.5 Å². The van der Waals surface area contributed by atoms with Crippen molar-refractivity contribution in [1.82, 2.24) is 10.0 Å². The SMILES string of the molecule is CC1(CNS(=O)(=O)c2ccco2)CCNCC1. The minimum absolute atomic E-state index is 0.0185. The minimum atomic E-state index is -3.49. The third-order valence-electron chi connectivity index (χ3n) is 3.26. The molecule has 0 bridgehead atoms. The Balaban J connectivity index is 1.98. The van der Waals surface area contributed by atoms with Crippen molar-refractivity contribution in [2.45, 2.75) is 24.9 Å². The Hall–Kier alpha value is -0.850. The summed E-state index contributed by atoms with van der Waals surface area (Å²) in [5, 5.41) is 3.25. The molecule has 5 nitrogen and oxygen atoms in total. The summed E-state index contributed by atoms with van der Waals surface area (Å²) in [7, 11) is -3.49. The summed E-state index contributed by atoms with van der Waals surface area (Å²) in [6, 6.07) is 3.02. The molecule has 1 aromatic rings. The molecule has 1 saturated heterocycles. The van der Waals surface area contributed by atoms with E-state index in [1.807, 2.05) is 0 Å². The predicted molar refractivity (Wildman–Crippen MR) is 64.1 cm³/mol. The summed E-state index contributed by atoms with van der Waals surface area (Å²) >= 11 is 0. The van der Waals surface area contributed by atoms with Crippen LogP contribution in [0.2, 0.25) is 0 Å². The lowest BCUT2D eigenvalue weighted by molar-refractivity contribution is 0.232. The lowest BCUT2D eigenvalue weighted by atomic mass is 9.81. The van der Waals surface area contributed by atoms with E-state index in [-0.39, 0.29) is 10.5 Å².